The highest BCUT2D eigenvalue weighted by atomic mass is 32.2. The number of pyridine rings is 1. The number of thioether (sulfide) groups is 1. The van der Waals surface area contributed by atoms with E-state index in [4.69, 9.17) is 4.74 Å². The number of para-hydroxylation sites is 3. The lowest BCUT2D eigenvalue weighted by Gasteiger charge is -2.19. The second kappa shape index (κ2) is 11.5. The predicted molar refractivity (Wildman–Crippen MR) is 146 cm³/mol. The van der Waals surface area contributed by atoms with E-state index in [0.717, 1.165) is 16.8 Å². The molecule has 1 unspecified atom stereocenters. The van der Waals surface area contributed by atoms with Crippen LogP contribution in [0.4, 0.5) is 5.69 Å². The monoisotopic (exact) mass is 507 g/mol. The highest BCUT2D eigenvalue weighted by molar-refractivity contribution is 8.00. The molecule has 0 saturated carbocycles. The second-order valence-corrected chi connectivity index (χ2v) is 9.11. The summed E-state index contributed by atoms with van der Waals surface area (Å²) in [6, 6.07) is 30.8. The highest BCUT2D eigenvalue weighted by Crippen LogP contribution is 2.38. The average Bonchev–Trinajstić information content (AvgIpc) is 3.38. The van der Waals surface area contributed by atoms with Gasteiger partial charge >= 0.3 is 0 Å². The third-order valence-electron chi connectivity index (χ3n) is 5.59. The number of aromatic nitrogens is 4. The van der Waals surface area contributed by atoms with Gasteiger partial charge in [-0.3, -0.25) is 14.3 Å². The summed E-state index contributed by atoms with van der Waals surface area (Å²) >= 11 is 1.35. The van der Waals surface area contributed by atoms with Crippen molar-refractivity contribution in [2.24, 2.45) is 0 Å². The number of carbonyl (C=O) groups is 1. The maximum Gasteiger partial charge on any atom is 0.242 e. The van der Waals surface area contributed by atoms with Crippen LogP contribution in [0.2, 0.25) is 0 Å². The summed E-state index contributed by atoms with van der Waals surface area (Å²) in [7, 11) is 0. The fourth-order valence-electron chi connectivity index (χ4n) is 3.90. The Morgan fingerprint density at radius 1 is 0.892 bits per heavy atom. The van der Waals surface area contributed by atoms with Gasteiger partial charge in [-0.25, -0.2) is 0 Å². The number of carbonyl (C=O) groups excluding carboxylic acids is 1. The van der Waals surface area contributed by atoms with Gasteiger partial charge in [-0.1, -0.05) is 72.4 Å². The topological polar surface area (TPSA) is 81.9 Å². The fourth-order valence-corrected chi connectivity index (χ4v) is 4.96. The van der Waals surface area contributed by atoms with E-state index in [1.54, 1.807) is 12.4 Å². The van der Waals surface area contributed by atoms with Crippen molar-refractivity contribution in [3.63, 3.8) is 0 Å². The Balaban J connectivity index is 1.55. The van der Waals surface area contributed by atoms with Crippen LogP contribution in [0.5, 0.6) is 5.75 Å². The molecule has 2 aromatic heterocycles. The molecule has 1 atom stereocenters. The molecule has 0 aliphatic heterocycles. The zero-order valence-corrected chi connectivity index (χ0v) is 21.0. The summed E-state index contributed by atoms with van der Waals surface area (Å²) in [6.45, 7) is 2.42. The van der Waals surface area contributed by atoms with Crippen molar-refractivity contribution in [1.82, 2.24) is 19.7 Å². The molecule has 0 aliphatic carbocycles. The quantitative estimate of drug-likeness (QED) is 0.239. The van der Waals surface area contributed by atoms with E-state index >= 15 is 0 Å². The minimum Gasteiger partial charge on any atom is -0.492 e. The highest BCUT2D eigenvalue weighted by Gasteiger charge is 2.27. The number of rotatable bonds is 9. The Kier molecular flexibility index (Phi) is 7.57. The fraction of sp³-hybridized carbons (Fsp3) is 0.103. The van der Waals surface area contributed by atoms with Crippen LogP contribution in [-0.4, -0.2) is 32.3 Å². The number of hydrogen-bond donors (Lipinski definition) is 1. The van der Waals surface area contributed by atoms with Crippen LogP contribution in [0, 0.1) is 0 Å². The molecule has 0 spiro atoms. The van der Waals surface area contributed by atoms with Crippen molar-refractivity contribution in [3.05, 3.63) is 115 Å². The first kappa shape index (κ1) is 24.3. The molecule has 0 saturated heterocycles. The zero-order chi connectivity index (χ0) is 25.5. The maximum atomic E-state index is 13.7. The molecule has 1 amide bonds. The molecule has 5 rings (SSSR count). The van der Waals surface area contributed by atoms with Crippen LogP contribution >= 0.6 is 11.8 Å². The molecule has 5 aromatic rings. The van der Waals surface area contributed by atoms with Gasteiger partial charge in [-0.2, -0.15) is 0 Å². The van der Waals surface area contributed by atoms with Crippen LogP contribution < -0.4 is 10.1 Å². The van der Waals surface area contributed by atoms with Gasteiger partial charge in [-0.05, 0) is 48.9 Å². The summed E-state index contributed by atoms with van der Waals surface area (Å²) in [6.07, 6.45) is 3.45. The molecule has 3 aromatic carbocycles. The van der Waals surface area contributed by atoms with Crippen LogP contribution in [0.15, 0.2) is 115 Å². The Bertz CT molecular complexity index is 1460. The van der Waals surface area contributed by atoms with E-state index in [1.165, 1.54) is 11.8 Å². The van der Waals surface area contributed by atoms with Gasteiger partial charge in [0.2, 0.25) is 5.91 Å². The number of benzene rings is 3. The van der Waals surface area contributed by atoms with Gasteiger partial charge < -0.3 is 10.1 Å². The number of nitrogens with zero attached hydrogens (tertiary/aromatic N) is 4. The Hall–Kier alpha value is -4.43. The summed E-state index contributed by atoms with van der Waals surface area (Å²) in [5, 5.41) is 12.1. The Morgan fingerprint density at radius 3 is 2.30 bits per heavy atom. The van der Waals surface area contributed by atoms with Crippen LogP contribution in [0.1, 0.15) is 17.7 Å². The number of hydrogen-bond acceptors (Lipinski definition) is 6. The normalized spacial score (nSPS) is 11.6. The first-order valence-electron chi connectivity index (χ1n) is 11.9. The average molecular weight is 508 g/mol. The molecule has 184 valence electrons. The first-order chi connectivity index (χ1) is 18.2. The van der Waals surface area contributed by atoms with Crippen molar-refractivity contribution in [3.8, 4) is 22.8 Å². The molecular weight excluding hydrogens is 482 g/mol. The standard InChI is InChI=1S/C29H25N5O2S/c1-2-36-25-16-10-9-15-24(25)31-28(35)26(21-11-5-3-6-12-21)37-29-33-32-27(22-17-19-30-20-18-22)34(29)23-13-7-4-8-14-23/h3-20,26H,2H2,1H3,(H,31,35). The van der Waals surface area contributed by atoms with Crippen molar-refractivity contribution in [2.75, 3.05) is 11.9 Å². The minimum absolute atomic E-state index is 0.184. The summed E-state index contributed by atoms with van der Waals surface area (Å²) < 4.78 is 7.69. The van der Waals surface area contributed by atoms with E-state index in [0.29, 0.717) is 29.0 Å². The van der Waals surface area contributed by atoms with E-state index in [-0.39, 0.29) is 5.91 Å². The van der Waals surface area contributed by atoms with Crippen LogP contribution in [0.25, 0.3) is 17.1 Å². The largest absolute Gasteiger partial charge is 0.492 e. The van der Waals surface area contributed by atoms with E-state index in [9.17, 15) is 4.79 Å². The van der Waals surface area contributed by atoms with E-state index in [2.05, 4.69) is 20.5 Å². The summed E-state index contributed by atoms with van der Waals surface area (Å²) in [5.41, 5.74) is 3.25. The number of amides is 1. The molecule has 0 bridgehead atoms. The van der Waals surface area contributed by atoms with E-state index < -0.39 is 5.25 Å². The van der Waals surface area contributed by atoms with E-state index in [1.807, 2.05) is 109 Å². The SMILES string of the molecule is CCOc1ccccc1NC(=O)C(Sc1nnc(-c2ccncc2)n1-c1ccccc1)c1ccccc1. The molecule has 1 N–H and O–H groups in total. The lowest BCUT2D eigenvalue weighted by Crippen LogP contribution is -2.20. The zero-order valence-electron chi connectivity index (χ0n) is 20.2. The smallest absolute Gasteiger partial charge is 0.242 e. The van der Waals surface area contributed by atoms with Crippen molar-refractivity contribution in [1.29, 1.82) is 0 Å². The van der Waals surface area contributed by atoms with Crippen molar-refractivity contribution >= 4 is 23.4 Å². The second-order valence-electron chi connectivity index (χ2n) is 8.04. The minimum atomic E-state index is -0.590. The van der Waals surface area contributed by atoms with Gasteiger partial charge in [-0.15, -0.1) is 10.2 Å². The molecule has 2 heterocycles. The number of anilines is 1. The van der Waals surface area contributed by atoms with Gasteiger partial charge in [0.1, 0.15) is 11.0 Å². The maximum absolute atomic E-state index is 13.7. The lowest BCUT2D eigenvalue weighted by atomic mass is 10.1. The lowest BCUT2D eigenvalue weighted by molar-refractivity contribution is -0.115. The number of ether oxygens (including phenoxy) is 1. The van der Waals surface area contributed by atoms with Gasteiger partial charge in [0.15, 0.2) is 11.0 Å². The molecule has 0 aliphatic rings. The first-order valence-corrected chi connectivity index (χ1v) is 12.8. The van der Waals surface area contributed by atoms with Gasteiger partial charge in [0.25, 0.3) is 0 Å². The molecule has 8 heteroatoms. The number of nitrogens with one attached hydrogen (secondary N) is 1. The molecule has 37 heavy (non-hydrogen) atoms. The third-order valence-corrected chi connectivity index (χ3v) is 6.79. The predicted octanol–water partition coefficient (Wildman–Crippen LogP) is 6.20. The van der Waals surface area contributed by atoms with Crippen LogP contribution in [0.3, 0.4) is 0 Å². The summed E-state index contributed by atoms with van der Waals surface area (Å²) in [5.74, 6) is 1.11. The Labute approximate surface area is 219 Å². The van der Waals surface area contributed by atoms with Crippen molar-refractivity contribution in [2.45, 2.75) is 17.3 Å². The molecular formula is C29H25N5O2S. The van der Waals surface area contributed by atoms with Crippen LogP contribution in [-0.2, 0) is 4.79 Å². The molecule has 7 nitrogen and oxygen atoms in total. The Morgan fingerprint density at radius 2 is 1.57 bits per heavy atom. The molecule has 0 fully saturated rings. The summed E-state index contributed by atoms with van der Waals surface area (Å²) in [4.78, 5) is 17.9. The van der Waals surface area contributed by atoms with Crippen molar-refractivity contribution < 1.29 is 9.53 Å². The van der Waals surface area contributed by atoms with Gasteiger partial charge in [0, 0.05) is 23.6 Å². The third kappa shape index (κ3) is 5.54. The van der Waals surface area contributed by atoms with Gasteiger partial charge in [0.05, 0.1) is 12.3 Å². The molecule has 0 radical (unpaired) electrons.